The predicted octanol–water partition coefficient (Wildman–Crippen LogP) is 2.03. The first-order valence-corrected chi connectivity index (χ1v) is 4.89. The van der Waals surface area contributed by atoms with Crippen molar-refractivity contribution in [2.24, 2.45) is 11.8 Å². The van der Waals surface area contributed by atoms with E-state index in [2.05, 4.69) is 6.92 Å². The molecule has 0 aromatic rings. The van der Waals surface area contributed by atoms with E-state index in [0.717, 1.165) is 32.3 Å². The number of rotatable bonds is 7. The van der Waals surface area contributed by atoms with E-state index in [9.17, 15) is 4.79 Å². The minimum Gasteiger partial charge on any atom is -0.381 e. The van der Waals surface area contributed by atoms with Gasteiger partial charge < -0.3 is 9.53 Å². The van der Waals surface area contributed by atoms with Crippen LogP contribution in [0.15, 0.2) is 0 Å². The van der Waals surface area contributed by atoms with Crippen LogP contribution >= 0.6 is 0 Å². The third-order valence-electron chi connectivity index (χ3n) is 2.44. The van der Waals surface area contributed by atoms with Crippen molar-refractivity contribution < 1.29 is 9.53 Å². The molecule has 2 unspecified atom stereocenters. The zero-order valence-corrected chi connectivity index (χ0v) is 7.79. The normalized spacial score (nSPS) is 27.1. The molecule has 0 aromatic carbocycles. The van der Waals surface area contributed by atoms with Gasteiger partial charge in [0.25, 0.3) is 0 Å². The first kappa shape index (κ1) is 9.72. The summed E-state index contributed by atoms with van der Waals surface area (Å²) in [5.74, 6) is 1.33. The van der Waals surface area contributed by atoms with Gasteiger partial charge in [0, 0.05) is 19.6 Å². The van der Waals surface area contributed by atoms with Crippen molar-refractivity contribution in [3.05, 3.63) is 0 Å². The SMILES string of the molecule is CCCCOCC1CC1CC=O. The van der Waals surface area contributed by atoms with Gasteiger partial charge in [-0.3, -0.25) is 0 Å². The molecule has 0 bridgehead atoms. The van der Waals surface area contributed by atoms with Crippen LogP contribution in [-0.4, -0.2) is 19.5 Å². The monoisotopic (exact) mass is 170 g/mol. The third kappa shape index (κ3) is 3.35. The highest BCUT2D eigenvalue weighted by Gasteiger charge is 2.36. The Morgan fingerprint density at radius 1 is 1.50 bits per heavy atom. The fourth-order valence-corrected chi connectivity index (χ4v) is 1.41. The molecular weight excluding hydrogens is 152 g/mol. The summed E-state index contributed by atoms with van der Waals surface area (Å²) in [7, 11) is 0. The average molecular weight is 170 g/mol. The van der Waals surface area contributed by atoms with Gasteiger partial charge in [-0.05, 0) is 24.7 Å². The topological polar surface area (TPSA) is 26.3 Å². The molecule has 2 atom stereocenters. The molecule has 1 aliphatic rings. The molecular formula is C10H18O2. The molecule has 0 aliphatic heterocycles. The number of carbonyl (C=O) groups is 1. The lowest BCUT2D eigenvalue weighted by Crippen LogP contribution is -1.99. The van der Waals surface area contributed by atoms with Gasteiger partial charge in [-0.15, -0.1) is 0 Å². The molecule has 0 aromatic heterocycles. The van der Waals surface area contributed by atoms with Crippen LogP contribution in [0.4, 0.5) is 0 Å². The highest BCUT2D eigenvalue weighted by atomic mass is 16.5. The number of ether oxygens (including phenoxy) is 1. The van der Waals surface area contributed by atoms with Gasteiger partial charge >= 0.3 is 0 Å². The van der Waals surface area contributed by atoms with Crippen LogP contribution in [0, 0.1) is 11.8 Å². The van der Waals surface area contributed by atoms with Crippen LogP contribution in [0.25, 0.3) is 0 Å². The second-order valence-electron chi connectivity index (χ2n) is 3.59. The second-order valence-corrected chi connectivity index (χ2v) is 3.59. The molecule has 12 heavy (non-hydrogen) atoms. The van der Waals surface area contributed by atoms with Crippen molar-refractivity contribution in [3.8, 4) is 0 Å². The number of hydrogen-bond donors (Lipinski definition) is 0. The summed E-state index contributed by atoms with van der Waals surface area (Å²) >= 11 is 0. The Balaban J connectivity index is 1.86. The Hall–Kier alpha value is -0.370. The summed E-state index contributed by atoms with van der Waals surface area (Å²) in [6.45, 7) is 3.93. The maximum atomic E-state index is 10.1. The van der Waals surface area contributed by atoms with Crippen molar-refractivity contribution in [2.45, 2.75) is 32.6 Å². The Morgan fingerprint density at radius 2 is 2.33 bits per heavy atom. The molecule has 70 valence electrons. The average Bonchev–Trinajstić information content (AvgIpc) is 2.79. The van der Waals surface area contributed by atoms with Crippen molar-refractivity contribution in [2.75, 3.05) is 13.2 Å². The molecule has 0 spiro atoms. The fourth-order valence-electron chi connectivity index (χ4n) is 1.41. The Morgan fingerprint density at radius 3 is 3.00 bits per heavy atom. The quantitative estimate of drug-likeness (QED) is 0.431. The molecule has 1 aliphatic carbocycles. The minimum absolute atomic E-state index is 0.643. The molecule has 0 heterocycles. The highest BCUT2D eigenvalue weighted by Crippen LogP contribution is 2.40. The predicted molar refractivity (Wildman–Crippen MR) is 48.0 cm³/mol. The summed E-state index contributed by atoms with van der Waals surface area (Å²) in [6.07, 6.45) is 5.32. The molecule has 2 heteroatoms. The van der Waals surface area contributed by atoms with E-state index < -0.39 is 0 Å². The van der Waals surface area contributed by atoms with Gasteiger partial charge in [-0.1, -0.05) is 13.3 Å². The Kier molecular flexibility index (Phi) is 4.30. The summed E-state index contributed by atoms with van der Waals surface area (Å²) in [4.78, 5) is 10.1. The van der Waals surface area contributed by atoms with Crippen LogP contribution in [0.1, 0.15) is 32.6 Å². The summed E-state index contributed by atoms with van der Waals surface area (Å²) in [5, 5.41) is 0. The first-order chi connectivity index (χ1) is 5.88. The molecule has 2 nitrogen and oxygen atoms in total. The molecule has 0 amide bonds. The fraction of sp³-hybridized carbons (Fsp3) is 0.900. The summed E-state index contributed by atoms with van der Waals surface area (Å²) in [6, 6.07) is 0. The smallest absolute Gasteiger partial charge is 0.120 e. The van der Waals surface area contributed by atoms with Crippen LogP contribution in [0.5, 0.6) is 0 Å². The molecule has 0 radical (unpaired) electrons. The summed E-state index contributed by atoms with van der Waals surface area (Å²) in [5.41, 5.74) is 0. The van der Waals surface area contributed by atoms with E-state index in [-0.39, 0.29) is 0 Å². The molecule has 1 saturated carbocycles. The van der Waals surface area contributed by atoms with Crippen molar-refractivity contribution >= 4 is 6.29 Å². The van der Waals surface area contributed by atoms with Gasteiger partial charge in [-0.2, -0.15) is 0 Å². The van der Waals surface area contributed by atoms with Crippen LogP contribution in [0.2, 0.25) is 0 Å². The Labute approximate surface area is 74.3 Å². The standard InChI is InChI=1S/C10H18O2/c1-2-3-6-12-8-10-7-9(10)4-5-11/h5,9-10H,2-4,6-8H2,1H3. The maximum absolute atomic E-state index is 10.1. The van der Waals surface area contributed by atoms with Gasteiger partial charge in [0.1, 0.15) is 6.29 Å². The van der Waals surface area contributed by atoms with E-state index >= 15 is 0 Å². The van der Waals surface area contributed by atoms with E-state index in [1.54, 1.807) is 0 Å². The minimum atomic E-state index is 0.643. The number of aldehydes is 1. The molecule has 0 saturated heterocycles. The van der Waals surface area contributed by atoms with E-state index in [0.29, 0.717) is 11.8 Å². The van der Waals surface area contributed by atoms with Gasteiger partial charge in [-0.25, -0.2) is 0 Å². The van der Waals surface area contributed by atoms with Crippen LogP contribution < -0.4 is 0 Å². The largest absolute Gasteiger partial charge is 0.381 e. The van der Waals surface area contributed by atoms with Crippen LogP contribution in [0.3, 0.4) is 0 Å². The maximum Gasteiger partial charge on any atom is 0.120 e. The third-order valence-corrected chi connectivity index (χ3v) is 2.44. The van der Waals surface area contributed by atoms with Gasteiger partial charge in [0.05, 0.1) is 0 Å². The van der Waals surface area contributed by atoms with Gasteiger partial charge in [0.2, 0.25) is 0 Å². The Bertz CT molecular complexity index is 134. The lowest BCUT2D eigenvalue weighted by atomic mass is 10.2. The van der Waals surface area contributed by atoms with Crippen LogP contribution in [-0.2, 0) is 9.53 Å². The van der Waals surface area contributed by atoms with Crippen molar-refractivity contribution in [1.29, 1.82) is 0 Å². The first-order valence-electron chi connectivity index (χ1n) is 4.89. The van der Waals surface area contributed by atoms with E-state index in [4.69, 9.17) is 4.74 Å². The van der Waals surface area contributed by atoms with Crippen molar-refractivity contribution in [3.63, 3.8) is 0 Å². The zero-order valence-electron chi connectivity index (χ0n) is 7.79. The highest BCUT2D eigenvalue weighted by molar-refractivity contribution is 5.50. The zero-order chi connectivity index (χ0) is 8.81. The summed E-state index contributed by atoms with van der Waals surface area (Å²) < 4.78 is 5.46. The number of carbonyl (C=O) groups excluding carboxylic acids is 1. The van der Waals surface area contributed by atoms with Gasteiger partial charge in [0.15, 0.2) is 0 Å². The lowest BCUT2D eigenvalue weighted by Gasteiger charge is -2.00. The number of hydrogen-bond acceptors (Lipinski definition) is 2. The molecule has 1 fully saturated rings. The van der Waals surface area contributed by atoms with Crippen molar-refractivity contribution in [1.82, 2.24) is 0 Å². The number of unbranched alkanes of at least 4 members (excludes halogenated alkanes) is 1. The molecule has 1 rings (SSSR count). The molecule has 0 N–H and O–H groups in total. The second kappa shape index (κ2) is 5.31. The van der Waals surface area contributed by atoms with E-state index in [1.165, 1.54) is 12.8 Å². The lowest BCUT2D eigenvalue weighted by molar-refractivity contribution is -0.108. The van der Waals surface area contributed by atoms with E-state index in [1.807, 2.05) is 0 Å².